The van der Waals surface area contributed by atoms with E-state index in [4.69, 9.17) is 16.3 Å². The van der Waals surface area contributed by atoms with Crippen molar-refractivity contribution in [1.29, 1.82) is 0 Å². The SMILES string of the molecule is C[C@H](NC(=O)COC(=O)c1ccccc1)c1cccc(Cl)c1. The molecule has 0 spiro atoms. The second-order valence-electron chi connectivity index (χ2n) is 4.79. The fraction of sp³-hybridized carbons (Fsp3) is 0.176. The van der Waals surface area contributed by atoms with Crippen LogP contribution in [-0.2, 0) is 9.53 Å². The van der Waals surface area contributed by atoms with Gasteiger partial charge in [-0.1, -0.05) is 41.9 Å². The summed E-state index contributed by atoms with van der Waals surface area (Å²) in [6, 6.07) is 15.5. The van der Waals surface area contributed by atoms with Crippen LogP contribution in [0.2, 0.25) is 5.02 Å². The van der Waals surface area contributed by atoms with Crippen molar-refractivity contribution in [3.63, 3.8) is 0 Å². The van der Waals surface area contributed by atoms with E-state index >= 15 is 0 Å². The first kappa shape index (κ1) is 16.0. The van der Waals surface area contributed by atoms with Crippen molar-refractivity contribution in [2.24, 2.45) is 0 Å². The number of carbonyl (C=O) groups is 2. The Balaban J connectivity index is 1.84. The highest BCUT2D eigenvalue weighted by molar-refractivity contribution is 6.30. The Morgan fingerprint density at radius 3 is 2.55 bits per heavy atom. The first-order chi connectivity index (χ1) is 10.6. The van der Waals surface area contributed by atoms with Crippen LogP contribution < -0.4 is 5.32 Å². The van der Waals surface area contributed by atoms with Crippen molar-refractivity contribution in [3.8, 4) is 0 Å². The average molecular weight is 318 g/mol. The summed E-state index contributed by atoms with van der Waals surface area (Å²) in [5.41, 5.74) is 1.30. The molecule has 2 rings (SSSR count). The number of esters is 1. The van der Waals surface area contributed by atoms with Gasteiger partial charge in [0.1, 0.15) is 0 Å². The van der Waals surface area contributed by atoms with Gasteiger partial charge in [-0.15, -0.1) is 0 Å². The molecule has 0 aliphatic rings. The maximum Gasteiger partial charge on any atom is 0.338 e. The van der Waals surface area contributed by atoms with E-state index in [9.17, 15) is 9.59 Å². The lowest BCUT2D eigenvalue weighted by molar-refractivity contribution is -0.124. The number of halogens is 1. The zero-order valence-corrected chi connectivity index (χ0v) is 12.8. The molecule has 0 aliphatic carbocycles. The van der Waals surface area contributed by atoms with Gasteiger partial charge in [0.05, 0.1) is 11.6 Å². The van der Waals surface area contributed by atoms with Crippen molar-refractivity contribution in [2.75, 3.05) is 6.61 Å². The van der Waals surface area contributed by atoms with Crippen molar-refractivity contribution in [1.82, 2.24) is 5.32 Å². The van der Waals surface area contributed by atoms with Gasteiger partial charge < -0.3 is 10.1 Å². The van der Waals surface area contributed by atoms with Crippen molar-refractivity contribution in [2.45, 2.75) is 13.0 Å². The number of amides is 1. The molecule has 4 nitrogen and oxygen atoms in total. The molecule has 0 bridgehead atoms. The Bertz CT molecular complexity index is 658. The highest BCUT2D eigenvalue weighted by atomic mass is 35.5. The van der Waals surface area contributed by atoms with Crippen LogP contribution in [0.15, 0.2) is 54.6 Å². The van der Waals surface area contributed by atoms with Crippen LogP contribution in [0.1, 0.15) is 28.9 Å². The fourth-order valence-electron chi connectivity index (χ4n) is 1.93. The molecule has 2 aromatic carbocycles. The predicted molar refractivity (Wildman–Crippen MR) is 84.7 cm³/mol. The molecule has 0 saturated heterocycles. The number of ether oxygens (including phenoxy) is 1. The maximum absolute atomic E-state index is 11.8. The van der Waals surface area contributed by atoms with Crippen molar-refractivity contribution >= 4 is 23.5 Å². The normalized spacial score (nSPS) is 11.5. The molecule has 1 amide bonds. The van der Waals surface area contributed by atoms with E-state index in [2.05, 4.69) is 5.32 Å². The van der Waals surface area contributed by atoms with E-state index in [1.165, 1.54) is 0 Å². The van der Waals surface area contributed by atoms with Gasteiger partial charge in [0.15, 0.2) is 6.61 Å². The monoisotopic (exact) mass is 317 g/mol. The van der Waals surface area contributed by atoms with Crippen LogP contribution in [0.4, 0.5) is 0 Å². The lowest BCUT2D eigenvalue weighted by Crippen LogP contribution is -2.31. The van der Waals surface area contributed by atoms with Gasteiger partial charge in [-0.3, -0.25) is 4.79 Å². The van der Waals surface area contributed by atoms with Crippen LogP contribution in [0.3, 0.4) is 0 Å². The minimum Gasteiger partial charge on any atom is -0.452 e. The van der Waals surface area contributed by atoms with E-state index in [0.29, 0.717) is 10.6 Å². The van der Waals surface area contributed by atoms with Gasteiger partial charge in [0.2, 0.25) is 0 Å². The molecule has 0 fully saturated rings. The van der Waals surface area contributed by atoms with Crippen molar-refractivity contribution < 1.29 is 14.3 Å². The third kappa shape index (κ3) is 4.60. The number of rotatable bonds is 5. The molecular weight excluding hydrogens is 302 g/mol. The Morgan fingerprint density at radius 2 is 1.86 bits per heavy atom. The van der Waals surface area contributed by atoms with Gasteiger partial charge in [-0.05, 0) is 36.8 Å². The summed E-state index contributed by atoms with van der Waals surface area (Å²) in [6.07, 6.45) is 0. The minimum atomic E-state index is -0.522. The molecule has 0 heterocycles. The molecule has 0 aromatic heterocycles. The summed E-state index contributed by atoms with van der Waals surface area (Å²) in [6.45, 7) is 1.52. The van der Waals surface area contributed by atoms with Gasteiger partial charge in [-0.25, -0.2) is 4.79 Å². The number of hydrogen-bond acceptors (Lipinski definition) is 3. The molecule has 0 radical (unpaired) electrons. The summed E-state index contributed by atoms with van der Waals surface area (Å²) in [5, 5.41) is 3.36. The molecule has 1 N–H and O–H groups in total. The van der Waals surface area contributed by atoms with E-state index in [1.54, 1.807) is 42.5 Å². The van der Waals surface area contributed by atoms with Gasteiger partial charge in [0.25, 0.3) is 5.91 Å². The molecule has 114 valence electrons. The Morgan fingerprint density at radius 1 is 1.14 bits per heavy atom. The molecule has 1 atom stereocenters. The minimum absolute atomic E-state index is 0.221. The summed E-state index contributed by atoms with van der Waals surface area (Å²) in [4.78, 5) is 23.6. The Kier molecular flexibility index (Phi) is 5.55. The van der Waals surface area contributed by atoms with Crippen molar-refractivity contribution in [3.05, 3.63) is 70.7 Å². The predicted octanol–water partition coefficient (Wildman–Crippen LogP) is 3.37. The first-order valence-electron chi connectivity index (χ1n) is 6.83. The third-order valence-corrected chi connectivity index (χ3v) is 3.31. The quantitative estimate of drug-likeness (QED) is 0.860. The smallest absolute Gasteiger partial charge is 0.338 e. The highest BCUT2D eigenvalue weighted by Crippen LogP contribution is 2.17. The topological polar surface area (TPSA) is 55.4 Å². The Labute approximate surface area is 134 Å². The average Bonchev–Trinajstić information content (AvgIpc) is 2.53. The van der Waals surface area contributed by atoms with Crippen LogP contribution in [0, 0.1) is 0 Å². The molecule has 0 aliphatic heterocycles. The molecule has 0 saturated carbocycles. The Hall–Kier alpha value is -2.33. The number of hydrogen-bond donors (Lipinski definition) is 1. The number of nitrogens with one attached hydrogen (secondary N) is 1. The van der Waals surface area contributed by atoms with Gasteiger partial charge in [-0.2, -0.15) is 0 Å². The third-order valence-electron chi connectivity index (χ3n) is 3.07. The van der Waals surface area contributed by atoms with Crippen LogP contribution >= 0.6 is 11.6 Å². The molecule has 2 aromatic rings. The molecule has 22 heavy (non-hydrogen) atoms. The summed E-state index contributed by atoms with van der Waals surface area (Å²) in [7, 11) is 0. The van der Waals surface area contributed by atoms with Crippen LogP contribution in [-0.4, -0.2) is 18.5 Å². The second-order valence-corrected chi connectivity index (χ2v) is 5.22. The van der Waals surface area contributed by atoms with E-state index in [-0.39, 0.29) is 18.6 Å². The van der Waals surface area contributed by atoms with E-state index in [0.717, 1.165) is 5.56 Å². The lowest BCUT2D eigenvalue weighted by Gasteiger charge is -2.14. The lowest BCUT2D eigenvalue weighted by atomic mass is 10.1. The maximum atomic E-state index is 11.8. The van der Waals surface area contributed by atoms with Gasteiger partial charge in [0, 0.05) is 5.02 Å². The largest absolute Gasteiger partial charge is 0.452 e. The molecular formula is C17H16ClNO3. The molecule has 0 unspecified atom stereocenters. The number of benzene rings is 2. The van der Waals surface area contributed by atoms with E-state index in [1.807, 2.05) is 19.1 Å². The first-order valence-corrected chi connectivity index (χ1v) is 7.21. The second kappa shape index (κ2) is 7.61. The fourth-order valence-corrected chi connectivity index (χ4v) is 2.13. The van der Waals surface area contributed by atoms with Gasteiger partial charge >= 0.3 is 5.97 Å². The standard InChI is InChI=1S/C17H16ClNO3/c1-12(14-8-5-9-15(18)10-14)19-16(20)11-22-17(21)13-6-3-2-4-7-13/h2-10,12H,11H2,1H3,(H,19,20)/t12-/m0/s1. The van der Waals surface area contributed by atoms with E-state index < -0.39 is 5.97 Å². The zero-order valence-electron chi connectivity index (χ0n) is 12.1. The number of carbonyl (C=O) groups excluding carboxylic acids is 2. The summed E-state index contributed by atoms with van der Waals surface area (Å²) >= 11 is 5.91. The zero-order chi connectivity index (χ0) is 15.9. The summed E-state index contributed by atoms with van der Waals surface area (Å²) in [5.74, 6) is -0.886. The summed E-state index contributed by atoms with van der Waals surface area (Å²) < 4.78 is 4.97. The van der Waals surface area contributed by atoms with Crippen LogP contribution in [0.5, 0.6) is 0 Å². The molecule has 5 heteroatoms. The van der Waals surface area contributed by atoms with Crippen LogP contribution in [0.25, 0.3) is 0 Å². The highest BCUT2D eigenvalue weighted by Gasteiger charge is 2.13.